The average molecular weight is 345 g/mol. The zero-order valence-corrected chi connectivity index (χ0v) is 14.7. The Kier molecular flexibility index (Phi) is 4.09. The van der Waals surface area contributed by atoms with Gasteiger partial charge in [-0.1, -0.05) is 6.07 Å². The lowest BCUT2D eigenvalue weighted by molar-refractivity contribution is 0.0734. The van der Waals surface area contributed by atoms with Crippen molar-refractivity contribution in [3.05, 3.63) is 58.7 Å². The van der Waals surface area contributed by atoms with Gasteiger partial charge >= 0.3 is 5.97 Å². The van der Waals surface area contributed by atoms with E-state index in [9.17, 15) is 13.2 Å². The number of rotatable bonds is 3. The van der Waals surface area contributed by atoms with Crippen LogP contribution in [0.1, 0.15) is 27.0 Å². The minimum Gasteiger partial charge on any atom is -0.423 e. The van der Waals surface area contributed by atoms with Crippen LogP contribution in [-0.4, -0.2) is 27.2 Å². The highest BCUT2D eigenvalue weighted by atomic mass is 32.2. The number of benzene rings is 2. The van der Waals surface area contributed by atoms with Crippen LogP contribution in [0.5, 0.6) is 5.75 Å². The van der Waals surface area contributed by atoms with E-state index in [4.69, 9.17) is 4.74 Å². The van der Waals surface area contributed by atoms with E-state index in [0.717, 1.165) is 16.7 Å². The normalized spacial score (nSPS) is 13.7. The van der Waals surface area contributed by atoms with Crippen LogP contribution in [0.25, 0.3) is 0 Å². The van der Waals surface area contributed by atoms with Crippen LogP contribution in [0, 0.1) is 13.8 Å². The summed E-state index contributed by atoms with van der Waals surface area (Å²) in [6.07, 6.45) is 1.77. The highest BCUT2D eigenvalue weighted by Gasteiger charge is 2.27. The fourth-order valence-electron chi connectivity index (χ4n) is 2.79. The van der Waals surface area contributed by atoms with Crippen molar-refractivity contribution in [1.29, 1.82) is 0 Å². The molecule has 2 aromatic carbocycles. The molecular weight excluding hydrogens is 326 g/mol. The second kappa shape index (κ2) is 5.94. The maximum atomic E-state index is 12.3. The van der Waals surface area contributed by atoms with Crippen molar-refractivity contribution >= 4 is 21.7 Å². The zero-order chi connectivity index (χ0) is 17.5. The molecule has 0 unspecified atom stereocenters. The van der Waals surface area contributed by atoms with Gasteiger partial charge in [0.15, 0.2) is 0 Å². The van der Waals surface area contributed by atoms with E-state index in [1.165, 1.54) is 10.6 Å². The molecule has 1 heterocycles. The van der Waals surface area contributed by atoms with Crippen molar-refractivity contribution in [2.45, 2.75) is 20.3 Å². The van der Waals surface area contributed by atoms with Crippen LogP contribution in [0.4, 0.5) is 5.69 Å². The van der Waals surface area contributed by atoms with Crippen LogP contribution in [0.2, 0.25) is 0 Å². The standard InChI is InChI=1S/C18H19NO4S/c1-12-4-6-16(10-13(12)2)23-18(20)15-5-7-17-14(11-15)8-9-19(17)24(3,21)22/h4-7,10-11H,8-9H2,1-3H3. The van der Waals surface area contributed by atoms with E-state index in [-0.39, 0.29) is 0 Å². The van der Waals surface area contributed by atoms with Gasteiger partial charge in [-0.05, 0) is 67.3 Å². The first-order valence-corrected chi connectivity index (χ1v) is 9.50. The quantitative estimate of drug-likeness (QED) is 0.634. The molecule has 0 spiro atoms. The maximum absolute atomic E-state index is 12.3. The Morgan fingerprint density at radius 3 is 2.50 bits per heavy atom. The minimum atomic E-state index is -3.29. The first-order chi connectivity index (χ1) is 11.3. The topological polar surface area (TPSA) is 63.7 Å². The SMILES string of the molecule is Cc1ccc(OC(=O)c2ccc3c(c2)CCN3S(C)(=O)=O)cc1C. The van der Waals surface area contributed by atoms with Gasteiger partial charge in [0, 0.05) is 6.54 Å². The minimum absolute atomic E-state index is 0.407. The molecule has 126 valence electrons. The summed E-state index contributed by atoms with van der Waals surface area (Å²) in [6.45, 7) is 4.36. The molecule has 0 amide bonds. The first-order valence-electron chi connectivity index (χ1n) is 7.66. The third-order valence-electron chi connectivity index (χ3n) is 4.26. The lowest BCUT2D eigenvalue weighted by atomic mass is 10.1. The lowest BCUT2D eigenvalue weighted by Gasteiger charge is -2.16. The Balaban J connectivity index is 1.83. The highest BCUT2D eigenvalue weighted by Crippen LogP contribution is 2.31. The van der Waals surface area contributed by atoms with E-state index < -0.39 is 16.0 Å². The first kappa shape index (κ1) is 16.5. The number of aryl methyl sites for hydroxylation is 2. The van der Waals surface area contributed by atoms with Crippen molar-refractivity contribution < 1.29 is 17.9 Å². The van der Waals surface area contributed by atoms with Gasteiger partial charge in [0.2, 0.25) is 10.0 Å². The van der Waals surface area contributed by atoms with Crippen LogP contribution >= 0.6 is 0 Å². The molecule has 0 aromatic heterocycles. The van der Waals surface area contributed by atoms with Gasteiger partial charge in [0.25, 0.3) is 0 Å². The van der Waals surface area contributed by atoms with E-state index in [0.29, 0.717) is 30.0 Å². The molecule has 2 aromatic rings. The monoisotopic (exact) mass is 345 g/mol. The number of hydrogen-bond donors (Lipinski definition) is 0. The number of carbonyl (C=O) groups excluding carboxylic acids is 1. The van der Waals surface area contributed by atoms with E-state index in [1.807, 2.05) is 26.0 Å². The molecule has 6 heteroatoms. The molecule has 0 N–H and O–H groups in total. The number of nitrogens with zero attached hydrogens (tertiary/aromatic N) is 1. The number of sulfonamides is 1. The van der Waals surface area contributed by atoms with Gasteiger partial charge in [-0.2, -0.15) is 0 Å². The summed E-state index contributed by atoms with van der Waals surface area (Å²) in [7, 11) is -3.29. The molecule has 3 rings (SSSR count). The Labute approximate surface area is 141 Å². The molecule has 0 bridgehead atoms. The van der Waals surface area contributed by atoms with Crippen molar-refractivity contribution in [3.8, 4) is 5.75 Å². The summed E-state index contributed by atoms with van der Waals surface area (Å²) in [4.78, 5) is 12.3. The van der Waals surface area contributed by atoms with Crippen LogP contribution in [0.15, 0.2) is 36.4 Å². The molecule has 0 atom stereocenters. The molecular formula is C18H19NO4S. The lowest BCUT2D eigenvalue weighted by Crippen LogP contribution is -2.27. The fraction of sp³-hybridized carbons (Fsp3) is 0.278. The Morgan fingerprint density at radius 2 is 1.83 bits per heavy atom. The summed E-state index contributed by atoms with van der Waals surface area (Å²) in [5, 5.41) is 0. The van der Waals surface area contributed by atoms with Crippen molar-refractivity contribution in [3.63, 3.8) is 0 Å². The molecule has 0 saturated carbocycles. The molecule has 0 fully saturated rings. The summed E-state index contributed by atoms with van der Waals surface area (Å²) < 4.78 is 30.3. The third kappa shape index (κ3) is 3.14. The zero-order valence-electron chi connectivity index (χ0n) is 13.9. The molecule has 1 aliphatic rings. The Hall–Kier alpha value is -2.34. The van der Waals surface area contributed by atoms with E-state index in [1.54, 1.807) is 24.3 Å². The largest absolute Gasteiger partial charge is 0.423 e. The van der Waals surface area contributed by atoms with E-state index in [2.05, 4.69) is 0 Å². The van der Waals surface area contributed by atoms with Crippen molar-refractivity contribution in [1.82, 2.24) is 0 Å². The molecule has 24 heavy (non-hydrogen) atoms. The Morgan fingerprint density at radius 1 is 1.08 bits per heavy atom. The number of hydrogen-bond acceptors (Lipinski definition) is 4. The number of esters is 1. The van der Waals surface area contributed by atoms with Crippen LogP contribution in [0.3, 0.4) is 0 Å². The van der Waals surface area contributed by atoms with Gasteiger partial charge in [-0.25, -0.2) is 13.2 Å². The number of anilines is 1. The maximum Gasteiger partial charge on any atom is 0.343 e. The van der Waals surface area contributed by atoms with Gasteiger partial charge in [0.1, 0.15) is 5.75 Å². The average Bonchev–Trinajstić information content (AvgIpc) is 2.94. The molecule has 0 radical (unpaired) electrons. The van der Waals surface area contributed by atoms with Gasteiger partial charge in [0.05, 0.1) is 17.5 Å². The molecule has 0 aliphatic carbocycles. The summed E-state index contributed by atoms with van der Waals surface area (Å²) in [5.41, 5.74) is 4.09. The highest BCUT2D eigenvalue weighted by molar-refractivity contribution is 7.92. The summed E-state index contributed by atoms with van der Waals surface area (Å²) in [5.74, 6) is 0.0558. The third-order valence-corrected chi connectivity index (χ3v) is 5.44. The van der Waals surface area contributed by atoms with E-state index >= 15 is 0 Å². The fourth-order valence-corrected chi connectivity index (χ4v) is 3.74. The van der Waals surface area contributed by atoms with Crippen LogP contribution < -0.4 is 9.04 Å². The van der Waals surface area contributed by atoms with Crippen molar-refractivity contribution in [2.24, 2.45) is 0 Å². The van der Waals surface area contributed by atoms with Gasteiger partial charge < -0.3 is 4.74 Å². The number of ether oxygens (including phenoxy) is 1. The molecule has 0 saturated heterocycles. The van der Waals surface area contributed by atoms with Crippen LogP contribution in [-0.2, 0) is 16.4 Å². The van der Waals surface area contributed by atoms with Gasteiger partial charge in [-0.3, -0.25) is 4.31 Å². The second-order valence-corrected chi connectivity index (χ2v) is 7.97. The summed E-state index contributed by atoms with van der Waals surface area (Å²) in [6, 6.07) is 10.5. The Bertz CT molecular complexity index is 919. The predicted molar refractivity (Wildman–Crippen MR) is 93.2 cm³/mol. The smallest absolute Gasteiger partial charge is 0.343 e. The molecule has 5 nitrogen and oxygen atoms in total. The summed E-state index contributed by atoms with van der Waals surface area (Å²) >= 11 is 0. The number of fused-ring (bicyclic) bond motifs is 1. The number of carbonyl (C=O) groups is 1. The second-order valence-electron chi connectivity index (χ2n) is 6.06. The predicted octanol–water partition coefficient (Wildman–Crippen LogP) is 2.84. The van der Waals surface area contributed by atoms with Gasteiger partial charge in [-0.15, -0.1) is 0 Å². The van der Waals surface area contributed by atoms with Crippen molar-refractivity contribution in [2.75, 3.05) is 17.1 Å². The molecule has 1 aliphatic heterocycles.